The molecular weight excluding hydrogens is 216 g/mol. The SMILES string of the molecule is O=C(Nc1ccn[nH]1)c1ccc(Cl)nc1. The van der Waals surface area contributed by atoms with Gasteiger partial charge in [-0.1, -0.05) is 11.6 Å². The molecule has 0 aliphatic rings. The van der Waals surface area contributed by atoms with Gasteiger partial charge in [-0.2, -0.15) is 5.10 Å². The molecule has 0 aliphatic heterocycles. The fourth-order valence-electron chi connectivity index (χ4n) is 1.03. The zero-order valence-electron chi connectivity index (χ0n) is 7.57. The molecular formula is C9H7ClN4O. The molecule has 0 spiro atoms. The molecule has 0 fully saturated rings. The number of rotatable bonds is 2. The van der Waals surface area contributed by atoms with Crippen LogP contribution < -0.4 is 5.32 Å². The van der Waals surface area contributed by atoms with E-state index in [9.17, 15) is 4.79 Å². The third-order valence-electron chi connectivity index (χ3n) is 1.74. The quantitative estimate of drug-likeness (QED) is 0.760. The van der Waals surface area contributed by atoms with Gasteiger partial charge in [-0.05, 0) is 12.1 Å². The first-order valence-electron chi connectivity index (χ1n) is 4.18. The highest BCUT2D eigenvalue weighted by atomic mass is 35.5. The van der Waals surface area contributed by atoms with Crippen molar-refractivity contribution in [3.63, 3.8) is 0 Å². The van der Waals surface area contributed by atoms with E-state index in [1.54, 1.807) is 24.4 Å². The number of H-pyrrole nitrogens is 1. The van der Waals surface area contributed by atoms with Crippen molar-refractivity contribution in [1.82, 2.24) is 15.2 Å². The first kappa shape index (κ1) is 9.67. The lowest BCUT2D eigenvalue weighted by Crippen LogP contribution is -2.12. The van der Waals surface area contributed by atoms with Crippen LogP contribution in [0.4, 0.5) is 5.82 Å². The fourth-order valence-corrected chi connectivity index (χ4v) is 1.14. The largest absolute Gasteiger partial charge is 0.307 e. The van der Waals surface area contributed by atoms with Gasteiger partial charge in [-0.15, -0.1) is 0 Å². The number of pyridine rings is 1. The van der Waals surface area contributed by atoms with Crippen LogP contribution in [0.15, 0.2) is 30.6 Å². The lowest BCUT2D eigenvalue weighted by molar-refractivity contribution is 0.102. The number of amides is 1. The average Bonchev–Trinajstić information content (AvgIpc) is 2.71. The number of anilines is 1. The van der Waals surface area contributed by atoms with Crippen molar-refractivity contribution in [3.8, 4) is 0 Å². The molecule has 0 radical (unpaired) electrons. The summed E-state index contributed by atoms with van der Waals surface area (Å²) in [7, 11) is 0. The molecule has 1 amide bonds. The van der Waals surface area contributed by atoms with Gasteiger partial charge < -0.3 is 5.32 Å². The van der Waals surface area contributed by atoms with Gasteiger partial charge in [-0.3, -0.25) is 9.89 Å². The minimum absolute atomic E-state index is 0.261. The first-order chi connectivity index (χ1) is 7.25. The Kier molecular flexibility index (Phi) is 2.64. The van der Waals surface area contributed by atoms with Crippen molar-refractivity contribution in [3.05, 3.63) is 41.3 Å². The van der Waals surface area contributed by atoms with Gasteiger partial charge in [0.2, 0.25) is 0 Å². The molecule has 0 aliphatic carbocycles. The third-order valence-corrected chi connectivity index (χ3v) is 1.96. The molecule has 2 aromatic heterocycles. The van der Waals surface area contributed by atoms with Crippen molar-refractivity contribution < 1.29 is 4.79 Å². The summed E-state index contributed by atoms with van der Waals surface area (Å²) in [5.74, 6) is 0.276. The second kappa shape index (κ2) is 4.10. The Bertz CT molecular complexity index is 451. The summed E-state index contributed by atoms with van der Waals surface area (Å²) in [6.07, 6.45) is 2.96. The van der Waals surface area contributed by atoms with E-state index in [1.807, 2.05) is 0 Å². The summed E-state index contributed by atoms with van der Waals surface area (Å²) >= 11 is 5.60. The predicted octanol–water partition coefficient (Wildman–Crippen LogP) is 1.71. The van der Waals surface area contributed by atoms with E-state index in [-0.39, 0.29) is 5.91 Å². The van der Waals surface area contributed by atoms with Crippen LogP contribution in [0.3, 0.4) is 0 Å². The van der Waals surface area contributed by atoms with Crippen molar-refractivity contribution >= 4 is 23.3 Å². The zero-order chi connectivity index (χ0) is 10.7. The molecule has 15 heavy (non-hydrogen) atoms. The topological polar surface area (TPSA) is 70.7 Å². The average molecular weight is 223 g/mol. The number of halogens is 1. The molecule has 2 heterocycles. The summed E-state index contributed by atoms with van der Waals surface area (Å²) in [4.78, 5) is 15.4. The van der Waals surface area contributed by atoms with Crippen molar-refractivity contribution in [2.75, 3.05) is 5.32 Å². The lowest BCUT2D eigenvalue weighted by Gasteiger charge is -2.01. The number of aromatic amines is 1. The molecule has 0 atom stereocenters. The van der Waals surface area contributed by atoms with Gasteiger partial charge in [0.05, 0.1) is 11.8 Å². The smallest absolute Gasteiger partial charge is 0.258 e. The number of hydrogen-bond donors (Lipinski definition) is 2. The Morgan fingerprint density at radius 1 is 1.40 bits per heavy atom. The van der Waals surface area contributed by atoms with Crippen LogP contribution in [-0.2, 0) is 0 Å². The molecule has 2 aromatic rings. The Labute approximate surface area is 90.5 Å². The molecule has 0 bridgehead atoms. The standard InChI is InChI=1S/C9H7ClN4O/c10-7-2-1-6(5-11-7)9(15)13-8-3-4-12-14-8/h1-5H,(H2,12,13,14,15). The van der Waals surface area contributed by atoms with Crippen LogP contribution in [0.25, 0.3) is 0 Å². The molecule has 2 N–H and O–H groups in total. The van der Waals surface area contributed by atoms with Gasteiger partial charge in [0.15, 0.2) is 0 Å². The molecule has 5 nitrogen and oxygen atoms in total. The van der Waals surface area contributed by atoms with E-state index in [2.05, 4.69) is 20.5 Å². The first-order valence-corrected chi connectivity index (χ1v) is 4.56. The van der Waals surface area contributed by atoms with E-state index in [0.29, 0.717) is 16.5 Å². The summed E-state index contributed by atoms with van der Waals surface area (Å²) < 4.78 is 0. The number of hydrogen-bond acceptors (Lipinski definition) is 3. The van der Waals surface area contributed by atoms with E-state index >= 15 is 0 Å². The van der Waals surface area contributed by atoms with Crippen LogP contribution in [0, 0.1) is 0 Å². The van der Waals surface area contributed by atoms with Crippen LogP contribution in [0.5, 0.6) is 0 Å². The fraction of sp³-hybridized carbons (Fsp3) is 0. The van der Waals surface area contributed by atoms with Gasteiger partial charge in [0, 0.05) is 12.3 Å². The second-order valence-electron chi connectivity index (χ2n) is 2.79. The highest BCUT2D eigenvalue weighted by Crippen LogP contribution is 2.07. The summed E-state index contributed by atoms with van der Waals surface area (Å²) in [5, 5.41) is 9.30. The van der Waals surface area contributed by atoms with Gasteiger partial charge >= 0.3 is 0 Å². The van der Waals surface area contributed by atoms with Gasteiger partial charge in [0.25, 0.3) is 5.91 Å². The minimum Gasteiger partial charge on any atom is -0.307 e. The van der Waals surface area contributed by atoms with E-state index in [4.69, 9.17) is 11.6 Å². The Morgan fingerprint density at radius 2 is 2.27 bits per heavy atom. The van der Waals surface area contributed by atoms with Crippen molar-refractivity contribution in [2.45, 2.75) is 0 Å². The van der Waals surface area contributed by atoms with Crippen LogP contribution in [0.2, 0.25) is 5.15 Å². The van der Waals surface area contributed by atoms with Gasteiger partial charge in [0.1, 0.15) is 11.0 Å². The summed E-state index contributed by atoms with van der Waals surface area (Å²) in [5.41, 5.74) is 0.439. The Balaban J connectivity index is 2.11. The van der Waals surface area contributed by atoms with Gasteiger partial charge in [-0.25, -0.2) is 4.98 Å². The number of aromatic nitrogens is 3. The predicted molar refractivity (Wildman–Crippen MR) is 55.8 cm³/mol. The van der Waals surface area contributed by atoms with E-state index in [1.165, 1.54) is 6.20 Å². The molecule has 76 valence electrons. The van der Waals surface area contributed by atoms with Crippen molar-refractivity contribution in [2.24, 2.45) is 0 Å². The van der Waals surface area contributed by atoms with E-state index in [0.717, 1.165) is 0 Å². The number of carbonyl (C=O) groups excluding carboxylic acids is 1. The summed E-state index contributed by atoms with van der Waals surface area (Å²) in [6, 6.07) is 4.81. The highest BCUT2D eigenvalue weighted by Gasteiger charge is 2.06. The van der Waals surface area contributed by atoms with Crippen LogP contribution in [-0.4, -0.2) is 21.1 Å². The van der Waals surface area contributed by atoms with Crippen LogP contribution >= 0.6 is 11.6 Å². The lowest BCUT2D eigenvalue weighted by atomic mass is 10.3. The van der Waals surface area contributed by atoms with E-state index < -0.39 is 0 Å². The Hall–Kier alpha value is -1.88. The summed E-state index contributed by atoms with van der Waals surface area (Å²) in [6.45, 7) is 0. The molecule has 0 aromatic carbocycles. The normalized spacial score (nSPS) is 9.93. The zero-order valence-corrected chi connectivity index (χ0v) is 8.32. The number of nitrogens with one attached hydrogen (secondary N) is 2. The molecule has 0 unspecified atom stereocenters. The monoisotopic (exact) mass is 222 g/mol. The molecule has 2 rings (SSSR count). The number of nitrogens with zero attached hydrogens (tertiary/aromatic N) is 2. The second-order valence-corrected chi connectivity index (χ2v) is 3.18. The van der Waals surface area contributed by atoms with Crippen molar-refractivity contribution in [1.29, 1.82) is 0 Å². The maximum atomic E-state index is 11.6. The third kappa shape index (κ3) is 2.32. The highest BCUT2D eigenvalue weighted by molar-refractivity contribution is 6.29. The van der Waals surface area contributed by atoms with Crippen LogP contribution in [0.1, 0.15) is 10.4 Å². The molecule has 6 heteroatoms. The maximum Gasteiger partial charge on any atom is 0.258 e. The minimum atomic E-state index is -0.261. The molecule has 0 saturated carbocycles. The number of carbonyl (C=O) groups is 1. The molecule has 0 saturated heterocycles. The maximum absolute atomic E-state index is 11.6. The Morgan fingerprint density at radius 3 is 2.87 bits per heavy atom.